The number of aromatic hydroxyl groups is 2. The Balaban J connectivity index is 1.13. The molecule has 2 saturated heterocycles. The van der Waals surface area contributed by atoms with Crippen LogP contribution in [-0.2, 0) is 36.5 Å². The van der Waals surface area contributed by atoms with Gasteiger partial charge in [0.05, 0.1) is 46.5 Å². The number of nitrogens with one attached hydrogen (secondary N) is 1. The van der Waals surface area contributed by atoms with Crippen LogP contribution in [-0.4, -0.2) is 97.0 Å². The number of halogens is 6. The second kappa shape index (κ2) is 8.92. The fourth-order valence-corrected chi connectivity index (χ4v) is 12.5. The molecule has 9 nitrogen and oxygen atoms in total. The predicted octanol–water partition coefficient (Wildman–Crippen LogP) is 4.13. The molecule has 270 valence electrons. The number of hydrogen-bond acceptors (Lipinski definition) is 8. The number of alkyl halides is 6. The molecule has 0 unspecified atom stereocenters. The normalized spacial score (nSPS) is 38.0. The van der Waals surface area contributed by atoms with Crippen LogP contribution in [0.2, 0.25) is 0 Å². The number of likely N-dealkylation sites (tertiary alicyclic amines) is 2. The number of H-pyrrole nitrogens is 1. The summed E-state index contributed by atoms with van der Waals surface area (Å²) in [6.45, 7) is -2.39. The highest BCUT2D eigenvalue weighted by Crippen LogP contribution is 2.72. The van der Waals surface area contributed by atoms with Gasteiger partial charge in [0, 0.05) is 49.1 Å². The van der Waals surface area contributed by atoms with E-state index >= 15 is 0 Å². The van der Waals surface area contributed by atoms with Crippen molar-refractivity contribution in [3.63, 3.8) is 0 Å². The number of rotatable bonds is 2. The van der Waals surface area contributed by atoms with Crippen molar-refractivity contribution in [1.29, 1.82) is 0 Å². The summed E-state index contributed by atoms with van der Waals surface area (Å²) in [4.78, 5) is 6.10. The Morgan fingerprint density at radius 3 is 1.49 bits per heavy atom. The second-order valence-electron chi connectivity index (χ2n) is 16.1. The highest BCUT2D eigenvalue weighted by atomic mass is 19.4. The fourth-order valence-electron chi connectivity index (χ4n) is 12.5. The van der Waals surface area contributed by atoms with Crippen molar-refractivity contribution < 1.29 is 56.2 Å². The lowest BCUT2D eigenvalue weighted by molar-refractivity contribution is -0.208. The molecule has 5 heterocycles. The van der Waals surface area contributed by atoms with Crippen molar-refractivity contribution in [2.45, 2.75) is 97.2 Å². The molecule has 0 radical (unpaired) electrons. The summed E-state index contributed by atoms with van der Waals surface area (Å²) in [6, 6.07) is 4.33. The number of ether oxygens (including phenoxy) is 2. The largest absolute Gasteiger partial charge is 0.504 e. The molecule has 0 saturated carbocycles. The number of aromatic amines is 1. The Hall–Kier alpha value is -3.66. The van der Waals surface area contributed by atoms with Crippen molar-refractivity contribution in [3.8, 4) is 23.0 Å². The quantitative estimate of drug-likeness (QED) is 0.251. The lowest BCUT2D eigenvalue weighted by atomic mass is 9.47. The summed E-state index contributed by atoms with van der Waals surface area (Å²) in [7, 11) is 0. The van der Waals surface area contributed by atoms with E-state index in [2.05, 4.69) is 4.98 Å². The zero-order valence-corrected chi connectivity index (χ0v) is 27.0. The summed E-state index contributed by atoms with van der Waals surface area (Å²) < 4.78 is 97.1. The van der Waals surface area contributed by atoms with Crippen LogP contribution < -0.4 is 9.47 Å². The van der Waals surface area contributed by atoms with Crippen LogP contribution in [0.4, 0.5) is 26.3 Å². The Morgan fingerprint density at radius 2 is 1.10 bits per heavy atom. The van der Waals surface area contributed by atoms with Gasteiger partial charge in [0.15, 0.2) is 35.2 Å². The number of benzene rings is 2. The fraction of sp³-hybridized carbons (Fsp3) is 0.556. The zero-order chi connectivity index (χ0) is 35.4. The summed E-state index contributed by atoms with van der Waals surface area (Å²) in [5.74, 6) is 0.0685. The minimum absolute atomic E-state index is 0.0271. The standard InChI is InChI=1S/C36H33F6N3O6/c37-35(38,39)13-44-7-5-31-23-15-1-3-19(46)27(23)50-29(31)25-17(11-33(31,48)21(44)9-15)18-12-34(49)22-10-16-2-4-20(47)28-24(16)32(34,30(51-28)26(18)43-25)6-8-45(22)14-36(40,41)42/h1-4,21-22,29-30,43,46-49H,5-14H2/t21-,22-,29+,30+,31+,32+,33-,34-/m1/s1. The van der Waals surface area contributed by atoms with E-state index in [-0.39, 0.29) is 74.6 Å². The Bertz CT molecular complexity index is 1960. The number of phenolic OH excluding ortho intramolecular Hbond substituents is 2. The highest BCUT2D eigenvalue weighted by Gasteiger charge is 2.76. The molecular weight excluding hydrogens is 684 g/mol. The zero-order valence-electron chi connectivity index (χ0n) is 27.0. The molecule has 5 N–H and O–H groups in total. The van der Waals surface area contributed by atoms with Gasteiger partial charge in [-0.05, 0) is 60.1 Å². The third-order valence-corrected chi connectivity index (χ3v) is 14.1. The Kier molecular flexibility index (Phi) is 5.41. The van der Waals surface area contributed by atoms with Crippen LogP contribution in [0.5, 0.6) is 23.0 Å². The smallest absolute Gasteiger partial charge is 0.401 e. The van der Waals surface area contributed by atoms with Crippen LogP contribution in [0.15, 0.2) is 24.3 Å². The van der Waals surface area contributed by atoms with Crippen molar-refractivity contribution in [2.75, 3.05) is 26.2 Å². The average Bonchev–Trinajstić information content (AvgIpc) is 3.68. The first-order chi connectivity index (χ1) is 24.0. The maximum Gasteiger partial charge on any atom is 0.401 e. The number of aliphatic hydroxyl groups is 2. The van der Waals surface area contributed by atoms with E-state index in [0.717, 1.165) is 0 Å². The number of aromatic nitrogens is 1. The van der Waals surface area contributed by atoms with Gasteiger partial charge in [-0.2, -0.15) is 26.3 Å². The van der Waals surface area contributed by atoms with Crippen molar-refractivity contribution in [3.05, 3.63) is 69.0 Å². The second-order valence-corrected chi connectivity index (χ2v) is 16.1. The van der Waals surface area contributed by atoms with E-state index in [4.69, 9.17) is 9.47 Å². The van der Waals surface area contributed by atoms with Gasteiger partial charge in [-0.15, -0.1) is 0 Å². The van der Waals surface area contributed by atoms with E-state index in [1.807, 2.05) is 0 Å². The average molecular weight is 718 g/mol. The SMILES string of the molecule is Oc1ccc2c3c1O[C@H]1c4[nH]c5c(c4C[C@@]4(O)[C@@H](C2)N(CC(F)(F)F)CC[C@]314)C[C@@]1(O)[C@H]2Cc3ccc(O)c4c3[C@@]1(CCN2CC(F)(F)F)[C@H]5O4. The third-order valence-electron chi connectivity index (χ3n) is 14.1. The molecule has 15 heteroatoms. The number of phenols is 2. The molecule has 2 spiro atoms. The van der Waals surface area contributed by atoms with Crippen LogP contribution >= 0.6 is 0 Å². The number of hydrogen-bond donors (Lipinski definition) is 5. The predicted molar refractivity (Wildman–Crippen MR) is 164 cm³/mol. The molecule has 4 bridgehead atoms. The highest BCUT2D eigenvalue weighted by molar-refractivity contribution is 5.68. The minimum atomic E-state index is -4.53. The van der Waals surface area contributed by atoms with Gasteiger partial charge in [0.2, 0.25) is 0 Å². The van der Waals surface area contributed by atoms with Crippen molar-refractivity contribution in [2.24, 2.45) is 0 Å². The Morgan fingerprint density at radius 1 is 0.686 bits per heavy atom. The minimum Gasteiger partial charge on any atom is -0.504 e. The maximum atomic E-state index is 14.0. The molecule has 1 aromatic heterocycles. The molecule has 0 amide bonds. The van der Waals surface area contributed by atoms with E-state index in [1.165, 1.54) is 21.9 Å². The van der Waals surface area contributed by atoms with Gasteiger partial charge in [-0.1, -0.05) is 12.1 Å². The first-order valence-electron chi connectivity index (χ1n) is 17.3. The molecular formula is C36H33F6N3O6. The summed E-state index contributed by atoms with van der Waals surface area (Å²) in [5.41, 5.74) is -1.30. The van der Waals surface area contributed by atoms with Crippen molar-refractivity contribution in [1.82, 2.24) is 14.8 Å². The van der Waals surface area contributed by atoms with Gasteiger partial charge in [0.1, 0.15) is 0 Å². The van der Waals surface area contributed by atoms with Gasteiger partial charge >= 0.3 is 12.4 Å². The molecule has 3 aromatic rings. The van der Waals surface area contributed by atoms with E-state index in [1.54, 1.807) is 12.1 Å². The lowest BCUT2D eigenvalue weighted by Crippen LogP contribution is -2.75. The topological polar surface area (TPSA) is 122 Å². The van der Waals surface area contributed by atoms with Crippen LogP contribution in [0, 0.1) is 0 Å². The lowest BCUT2D eigenvalue weighted by Gasteiger charge is -2.63. The first-order valence-corrected chi connectivity index (χ1v) is 17.3. The van der Waals surface area contributed by atoms with Crippen LogP contribution in [0.3, 0.4) is 0 Å². The molecule has 51 heavy (non-hydrogen) atoms. The molecule has 4 aliphatic carbocycles. The van der Waals surface area contributed by atoms with E-state index < -0.39 is 71.8 Å². The summed E-state index contributed by atoms with van der Waals surface area (Å²) in [6.07, 6.45) is -10.8. The summed E-state index contributed by atoms with van der Waals surface area (Å²) in [5, 5.41) is 48.2. The van der Waals surface area contributed by atoms with Gasteiger partial charge in [0.25, 0.3) is 0 Å². The molecule has 2 fully saturated rings. The Labute approximate surface area is 286 Å². The summed E-state index contributed by atoms with van der Waals surface area (Å²) >= 11 is 0. The maximum absolute atomic E-state index is 14.0. The third kappa shape index (κ3) is 3.37. The number of piperidine rings is 2. The van der Waals surface area contributed by atoms with E-state index in [9.17, 15) is 46.8 Å². The molecule has 8 aliphatic rings. The number of fused-ring (bicyclic) bond motifs is 5. The van der Waals surface area contributed by atoms with E-state index in [0.29, 0.717) is 44.8 Å². The monoisotopic (exact) mass is 717 g/mol. The van der Waals surface area contributed by atoms with Crippen LogP contribution in [0.25, 0.3) is 0 Å². The van der Waals surface area contributed by atoms with Gasteiger partial charge in [-0.25, -0.2) is 0 Å². The van der Waals surface area contributed by atoms with Gasteiger partial charge < -0.3 is 34.9 Å². The first kappa shape index (κ1) is 30.9. The van der Waals surface area contributed by atoms with Gasteiger partial charge in [-0.3, -0.25) is 9.80 Å². The van der Waals surface area contributed by atoms with Crippen molar-refractivity contribution >= 4 is 0 Å². The molecule has 11 rings (SSSR count). The molecule has 4 aliphatic heterocycles. The molecule has 2 aromatic carbocycles. The molecule has 8 atom stereocenters. The number of nitrogens with zero attached hydrogens (tertiary/aromatic N) is 2. The van der Waals surface area contributed by atoms with Crippen LogP contribution in [0.1, 0.15) is 69.8 Å².